The van der Waals surface area contributed by atoms with E-state index in [4.69, 9.17) is 4.74 Å². The van der Waals surface area contributed by atoms with Crippen LogP contribution in [0.4, 0.5) is 4.39 Å². The lowest BCUT2D eigenvalue weighted by Gasteiger charge is -2.19. The Labute approximate surface area is 109 Å². The number of carbonyl (C=O) groups is 1. The van der Waals surface area contributed by atoms with Crippen LogP contribution >= 0.6 is 0 Å². The SMILES string of the molecule is CC(C)(C)OC(=O)CCS(=O)c1ccc(F)cc1. The summed E-state index contributed by atoms with van der Waals surface area (Å²) in [5.41, 5.74) is -0.533. The third-order valence-corrected chi connectivity index (χ3v) is 3.36. The molecule has 0 amide bonds. The molecule has 0 saturated heterocycles. The predicted molar refractivity (Wildman–Crippen MR) is 68.1 cm³/mol. The molecule has 1 aromatic rings. The number of carbonyl (C=O) groups excluding carboxylic acids is 1. The van der Waals surface area contributed by atoms with Crippen LogP contribution in [0.1, 0.15) is 27.2 Å². The van der Waals surface area contributed by atoms with Gasteiger partial charge >= 0.3 is 5.97 Å². The quantitative estimate of drug-likeness (QED) is 0.791. The Morgan fingerprint density at radius 2 is 1.83 bits per heavy atom. The van der Waals surface area contributed by atoms with E-state index >= 15 is 0 Å². The molecule has 18 heavy (non-hydrogen) atoms. The molecule has 0 saturated carbocycles. The first kappa shape index (κ1) is 14.8. The zero-order valence-corrected chi connectivity index (χ0v) is 11.6. The number of hydrogen-bond donors (Lipinski definition) is 0. The minimum atomic E-state index is -1.31. The van der Waals surface area contributed by atoms with Gasteiger partial charge in [-0.25, -0.2) is 4.39 Å². The normalized spacial score (nSPS) is 13.1. The maximum absolute atomic E-state index is 12.7. The largest absolute Gasteiger partial charge is 0.460 e. The van der Waals surface area contributed by atoms with Crippen molar-refractivity contribution >= 4 is 16.8 Å². The van der Waals surface area contributed by atoms with Gasteiger partial charge in [-0.3, -0.25) is 9.00 Å². The van der Waals surface area contributed by atoms with E-state index in [1.807, 2.05) is 0 Å². The first-order chi connectivity index (χ1) is 8.28. The third kappa shape index (κ3) is 5.40. The zero-order valence-electron chi connectivity index (χ0n) is 10.7. The molecule has 0 radical (unpaired) electrons. The molecule has 0 spiro atoms. The van der Waals surface area contributed by atoms with E-state index in [1.165, 1.54) is 24.3 Å². The number of ether oxygens (including phenoxy) is 1. The van der Waals surface area contributed by atoms with Crippen LogP contribution in [0.5, 0.6) is 0 Å². The van der Waals surface area contributed by atoms with Crippen molar-refractivity contribution in [1.29, 1.82) is 0 Å². The molecule has 0 bridgehead atoms. The summed E-state index contributed by atoms with van der Waals surface area (Å²) in [6.45, 7) is 5.34. The molecule has 0 N–H and O–H groups in total. The average Bonchev–Trinajstić information content (AvgIpc) is 2.24. The molecule has 0 aliphatic heterocycles. The van der Waals surface area contributed by atoms with Gasteiger partial charge in [0.25, 0.3) is 0 Å². The number of rotatable bonds is 4. The second-order valence-electron chi connectivity index (χ2n) is 4.84. The molecule has 1 atom stereocenters. The van der Waals surface area contributed by atoms with Gasteiger partial charge in [0, 0.05) is 10.6 Å². The summed E-state index contributed by atoms with van der Waals surface area (Å²) in [5, 5.41) is 0. The van der Waals surface area contributed by atoms with E-state index in [1.54, 1.807) is 20.8 Å². The molecule has 0 aliphatic carbocycles. The van der Waals surface area contributed by atoms with E-state index in [9.17, 15) is 13.4 Å². The predicted octanol–water partition coefficient (Wildman–Crippen LogP) is 2.67. The molecule has 1 aromatic carbocycles. The maximum atomic E-state index is 12.7. The van der Waals surface area contributed by atoms with Crippen LogP contribution < -0.4 is 0 Å². The first-order valence-electron chi connectivity index (χ1n) is 5.64. The van der Waals surface area contributed by atoms with Crippen molar-refractivity contribution < 1.29 is 18.1 Å². The summed E-state index contributed by atoms with van der Waals surface area (Å²) in [7, 11) is -1.31. The van der Waals surface area contributed by atoms with Crippen LogP contribution in [0.2, 0.25) is 0 Å². The van der Waals surface area contributed by atoms with Gasteiger partial charge < -0.3 is 4.74 Å². The van der Waals surface area contributed by atoms with Gasteiger partial charge in [0.2, 0.25) is 0 Å². The summed E-state index contributed by atoms with van der Waals surface area (Å²) < 4.78 is 29.6. The molecule has 0 aromatic heterocycles. The lowest BCUT2D eigenvalue weighted by atomic mass is 10.2. The van der Waals surface area contributed by atoms with Crippen molar-refractivity contribution in [2.24, 2.45) is 0 Å². The van der Waals surface area contributed by atoms with Gasteiger partial charge in [-0.05, 0) is 45.0 Å². The van der Waals surface area contributed by atoms with Crippen LogP contribution in [0, 0.1) is 5.82 Å². The Morgan fingerprint density at radius 3 is 2.33 bits per heavy atom. The van der Waals surface area contributed by atoms with Gasteiger partial charge in [0.15, 0.2) is 0 Å². The van der Waals surface area contributed by atoms with E-state index in [-0.39, 0.29) is 24.0 Å². The van der Waals surface area contributed by atoms with E-state index in [0.717, 1.165) is 0 Å². The molecule has 3 nitrogen and oxygen atoms in total. The Morgan fingerprint density at radius 1 is 1.28 bits per heavy atom. The first-order valence-corrected chi connectivity index (χ1v) is 6.95. The van der Waals surface area contributed by atoms with Crippen molar-refractivity contribution in [3.8, 4) is 0 Å². The summed E-state index contributed by atoms with van der Waals surface area (Å²) in [6, 6.07) is 5.42. The highest BCUT2D eigenvalue weighted by molar-refractivity contribution is 7.85. The van der Waals surface area contributed by atoms with Gasteiger partial charge in [-0.15, -0.1) is 0 Å². The number of esters is 1. The van der Waals surface area contributed by atoms with Crippen LogP contribution in [-0.4, -0.2) is 21.5 Å². The zero-order chi connectivity index (χ0) is 13.8. The fraction of sp³-hybridized carbons (Fsp3) is 0.462. The highest BCUT2D eigenvalue weighted by Gasteiger charge is 2.17. The number of benzene rings is 1. The monoisotopic (exact) mass is 272 g/mol. The van der Waals surface area contributed by atoms with E-state index < -0.39 is 16.4 Å². The Bertz CT molecular complexity index is 435. The highest BCUT2D eigenvalue weighted by atomic mass is 32.2. The third-order valence-electron chi connectivity index (χ3n) is 1.99. The molecular weight excluding hydrogens is 255 g/mol. The molecule has 0 heterocycles. The molecular formula is C13H17FO3S. The molecule has 1 rings (SSSR count). The van der Waals surface area contributed by atoms with Crippen molar-refractivity contribution in [2.75, 3.05) is 5.75 Å². The van der Waals surface area contributed by atoms with Crippen molar-refractivity contribution in [3.63, 3.8) is 0 Å². The minimum Gasteiger partial charge on any atom is -0.460 e. The smallest absolute Gasteiger partial charge is 0.307 e. The molecule has 1 unspecified atom stereocenters. The van der Waals surface area contributed by atoms with Crippen molar-refractivity contribution in [3.05, 3.63) is 30.1 Å². The molecule has 0 aliphatic rings. The summed E-state index contributed by atoms with van der Waals surface area (Å²) in [6.07, 6.45) is 0.0846. The fourth-order valence-corrected chi connectivity index (χ4v) is 2.30. The van der Waals surface area contributed by atoms with E-state index in [2.05, 4.69) is 0 Å². The van der Waals surface area contributed by atoms with Crippen LogP contribution in [0.15, 0.2) is 29.2 Å². The maximum Gasteiger partial charge on any atom is 0.307 e. The summed E-state index contributed by atoms with van der Waals surface area (Å²) >= 11 is 0. The minimum absolute atomic E-state index is 0.0846. The molecule has 5 heteroatoms. The second-order valence-corrected chi connectivity index (χ2v) is 6.41. The second kappa shape index (κ2) is 6.09. The molecule has 0 fully saturated rings. The lowest BCUT2D eigenvalue weighted by Crippen LogP contribution is -2.24. The molecule has 100 valence electrons. The van der Waals surface area contributed by atoms with E-state index in [0.29, 0.717) is 4.90 Å². The Hall–Kier alpha value is -1.23. The van der Waals surface area contributed by atoms with Gasteiger partial charge in [0.05, 0.1) is 17.2 Å². The number of hydrogen-bond acceptors (Lipinski definition) is 3. The lowest BCUT2D eigenvalue weighted by molar-refractivity contribution is -0.154. The number of halogens is 1. The summed E-state index contributed by atoms with van der Waals surface area (Å²) in [5.74, 6) is -0.568. The van der Waals surface area contributed by atoms with Gasteiger partial charge in [0.1, 0.15) is 11.4 Å². The van der Waals surface area contributed by atoms with Gasteiger partial charge in [-0.1, -0.05) is 0 Å². The van der Waals surface area contributed by atoms with Crippen molar-refractivity contribution in [1.82, 2.24) is 0 Å². The van der Waals surface area contributed by atoms with Crippen LogP contribution in [-0.2, 0) is 20.3 Å². The average molecular weight is 272 g/mol. The van der Waals surface area contributed by atoms with Crippen LogP contribution in [0.3, 0.4) is 0 Å². The van der Waals surface area contributed by atoms with Crippen LogP contribution in [0.25, 0.3) is 0 Å². The summed E-state index contributed by atoms with van der Waals surface area (Å²) in [4.78, 5) is 11.9. The Balaban J connectivity index is 2.47. The highest BCUT2D eigenvalue weighted by Crippen LogP contribution is 2.11. The standard InChI is InChI=1S/C13H17FO3S/c1-13(2,3)17-12(15)8-9-18(16)11-6-4-10(14)5-7-11/h4-7H,8-9H2,1-3H3. The Kier molecular flexibility index (Phi) is 5.02. The van der Waals surface area contributed by atoms with Gasteiger partial charge in [-0.2, -0.15) is 0 Å². The topological polar surface area (TPSA) is 43.4 Å². The van der Waals surface area contributed by atoms with Crippen molar-refractivity contribution in [2.45, 2.75) is 37.7 Å². The fourth-order valence-electron chi connectivity index (χ4n) is 1.27.